The average Bonchev–Trinajstić information content (AvgIpc) is 2.59. The number of hydrogen-bond donors (Lipinski definition) is 2. The maximum atomic E-state index is 12.3. The highest BCUT2D eigenvalue weighted by atomic mass is 19.4. The highest BCUT2D eigenvalue weighted by molar-refractivity contribution is 5.77. The summed E-state index contributed by atoms with van der Waals surface area (Å²) in [7, 11) is 0. The zero-order chi connectivity index (χ0) is 13.0. The minimum Gasteiger partial charge on any atom is -0.481 e. The van der Waals surface area contributed by atoms with E-state index in [1.165, 1.54) is 0 Å². The molecule has 1 fully saturated rings. The van der Waals surface area contributed by atoms with E-state index in [0.717, 1.165) is 6.07 Å². The van der Waals surface area contributed by atoms with Crippen LogP contribution in [0, 0.1) is 11.3 Å². The molecule has 2 rings (SSSR count). The van der Waals surface area contributed by atoms with Gasteiger partial charge in [-0.2, -0.15) is 18.3 Å². The summed E-state index contributed by atoms with van der Waals surface area (Å²) in [6.45, 7) is 3.43. The maximum absolute atomic E-state index is 12.3. The number of aliphatic carboxylic acids is 1. The summed E-state index contributed by atoms with van der Waals surface area (Å²) < 4.78 is 37.0. The van der Waals surface area contributed by atoms with Crippen molar-refractivity contribution < 1.29 is 23.1 Å². The van der Waals surface area contributed by atoms with Crippen molar-refractivity contribution in [2.75, 3.05) is 0 Å². The van der Waals surface area contributed by atoms with E-state index in [4.69, 9.17) is 5.11 Å². The highest BCUT2D eigenvalue weighted by Gasteiger charge is 2.63. The van der Waals surface area contributed by atoms with Gasteiger partial charge in [0.15, 0.2) is 5.69 Å². The van der Waals surface area contributed by atoms with E-state index >= 15 is 0 Å². The van der Waals surface area contributed by atoms with E-state index < -0.39 is 35.1 Å². The number of alkyl halides is 3. The molecule has 0 radical (unpaired) electrons. The number of carbonyl (C=O) groups is 1. The third-order valence-electron chi connectivity index (χ3n) is 3.32. The Kier molecular flexibility index (Phi) is 2.28. The Balaban J connectivity index is 2.26. The van der Waals surface area contributed by atoms with E-state index in [0.29, 0.717) is 0 Å². The van der Waals surface area contributed by atoms with Gasteiger partial charge in [-0.1, -0.05) is 13.8 Å². The second-order valence-electron chi connectivity index (χ2n) is 4.82. The second kappa shape index (κ2) is 3.24. The Morgan fingerprint density at radius 3 is 2.47 bits per heavy atom. The topological polar surface area (TPSA) is 66.0 Å². The summed E-state index contributed by atoms with van der Waals surface area (Å²) in [5.41, 5.74) is -1.32. The molecule has 1 saturated carbocycles. The van der Waals surface area contributed by atoms with Crippen molar-refractivity contribution in [1.82, 2.24) is 10.2 Å². The van der Waals surface area contributed by atoms with Crippen LogP contribution in [0.2, 0.25) is 0 Å². The smallest absolute Gasteiger partial charge is 0.435 e. The van der Waals surface area contributed by atoms with Gasteiger partial charge in [-0.05, 0) is 11.5 Å². The molecule has 2 N–H and O–H groups in total. The Morgan fingerprint density at radius 2 is 2.12 bits per heavy atom. The van der Waals surface area contributed by atoms with Gasteiger partial charge in [-0.3, -0.25) is 9.89 Å². The lowest BCUT2D eigenvalue weighted by Crippen LogP contribution is -2.04. The molecule has 7 heteroatoms. The number of nitrogens with one attached hydrogen (secondary N) is 1. The minimum absolute atomic E-state index is 0.231. The van der Waals surface area contributed by atoms with Crippen LogP contribution in [0.4, 0.5) is 13.2 Å². The molecule has 0 saturated heterocycles. The zero-order valence-electron chi connectivity index (χ0n) is 9.17. The number of carboxylic acid groups (broad SMARTS) is 1. The van der Waals surface area contributed by atoms with Gasteiger partial charge < -0.3 is 5.11 Å². The maximum Gasteiger partial charge on any atom is 0.435 e. The van der Waals surface area contributed by atoms with Gasteiger partial charge in [0, 0.05) is 11.6 Å². The molecule has 1 aromatic rings. The van der Waals surface area contributed by atoms with Gasteiger partial charge in [-0.15, -0.1) is 0 Å². The molecule has 0 aliphatic heterocycles. The van der Waals surface area contributed by atoms with Gasteiger partial charge in [0.25, 0.3) is 0 Å². The van der Waals surface area contributed by atoms with Gasteiger partial charge in [0.1, 0.15) is 0 Å². The lowest BCUT2D eigenvalue weighted by molar-refractivity contribution is -0.141. The molecule has 2 atom stereocenters. The molecule has 94 valence electrons. The first kappa shape index (κ1) is 11.9. The van der Waals surface area contributed by atoms with Crippen molar-refractivity contribution in [2.24, 2.45) is 11.3 Å². The lowest BCUT2D eigenvalue weighted by Gasteiger charge is -1.99. The Labute approximate surface area is 94.8 Å². The molecule has 1 aliphatic rings. The molecule has 0 amide bonds. The van der Waals surface area contributed by atoms with E-state index in [9.17, 15) is 18.0 Å². The third kappa shape index (κ3) is 1.79. The van der Waals surface area contributed by atoms with Crippen LogP contribution in [0.15, 0.2) is 6.07 Å². The second-order valence-corrected chi connectivity index (χ2v) is 4.82. The van der Waals surface area contributed by atoms with Gasteiger partial charge in [0.05, 0.1) is 5.92 Å². The van der Waals surface area contributed by atoms with E-state index in [-0.39, 0.29) is 5.69 Å². The standard InChI is InChI=1S/C10H11F3N2O2/c1-9(2)6(7(9)8(16)17)4-3-5(15-14-4)10(11,12)13/h3,6-7H,1-2H3,(H,14,15)(H,16,17). The summed E-state index contributed by atoms with van der Waals surface area (Å²) in [6, 6.07) is 0.884. The van der Waals surface area contributed by atoms with Crippen molar-refractivity contribution in [3.05, 3.63) is 17.5 Å². The van der Waals surface area contributed by atoms with Crippen molar-refractivity contribution in [3.8, 4) is 0 Å². The Hall–Kier alpha value is -1.53. The Bertz CT molecular complexity index is 464. The molecule has 1 aromatic heterocycles. The number of aromatic nitrogens is 2. The third-order valence-corrected chi connectivity index (χ3v) is 3.32. The largest absolute Gasteiger partial charge is 0.481 e. The molecule has 1 heterocycles. The number of aromatic amines is 1. The number of rotatable bonds is 2. The summed E-state index contributed by atoms with van der Waals surface area (Å²) in [6.07, 6.45) is -4.51. The number of hydrogen-bond acceptors (Lipinski definition) is 2. The molecule has 17 heavy (non-hydrogen) atoms. The first-order chi connectivity index (χ1) is 7.65. The van der Waals surface area contributed by atoms with Crippen molar-refractivity contribution in [1.29, 1.82) is 0 Å². The summed E-state index contributed by atoms with van der Waals surface area (Å²) in [5.74, 6) is -2.10. The average molecular weight is 248 g/mol. The van der Waals surface area contributed by atoms with Gasteiger partial charge in [0.2, 0.25) is 0 Å². The monoisotopic (exact) mass is 248 g/mol. The lowest BCUT2D eigenvalue weighted by atomic mass is 10.1. The van der Waals surface area contributed by atoms with Crippen molar-refractivity contribution in [2.45, 2.75) is 25.9 Å². The predicted octanol–water partition coefficient (Wildman–Crippen LogP) is 2.25. The predicted molar refractivity (Wildman–Crippen MR) is 51.2 cm³/mol. The SMILES string of the molecule is CC1(C)C(C(=O)O)C1c1cc(C(F)(F)F)n[nH]1. The molecule has 0 spiro atoms. The van der Waals surface area contributed by atoms with Gasteiger partial charge >= 0.3 is 12.1 Å². The fourth-order valence-electron chi connectivity index (χ4n) is 2.32. The fraction of sp³-hybridized carbons (Fsp3) is 0.600. The van der Waals surface area contributed by atoms with Gasteiger partial charge in [-0.25, -0.2) is 0 Å². The van der Waals surface area contributed by atoms with Crippen molar-refractivity contribution in [3.63, 3.8) is 0 Å². The van der Waals surface area contributed by atoms with Crippen LogP contribution in [0.25, 0.3) is 0 Å². The van der Waals surface area contributed by atoms with Crippen LogP contribution in [-0.2, 0) is 11.0 Å². The number of H-pyrrole nitrogens is 1. The van der Waals surface area contributed by atoms with E-state index in [1.54, 1.807) is 13.8 Å². The molecule has 0 bridgehead atoms. The summed E-state index contributed by atoms with van der Waals surface area (Å²) >= 11 is 0. The molecular formula is C10H11F3N2O2. The zero-order valence-corrected chi connectivity index (χ0v) is 9.17. The quantitative estimate of drug-likeness (QED) is 0.843. The minimum atomic E-state index is -4.51. The first-order valence-corrected chi connectivity index (χ1v) is 5.01. The molecule has 2 unspecified atom stereocenters. The van der Waals surface area contributed by atoms with Crippen LogP contribution < -0.4 is 0 Å². The summed E-state index contributed by atoms with van der Waals surface area (Å²) in [5, 5.41) is 14.4. The van der Waals surface area contributed by atoms with Crippen LogP contribution in [-0.4, -0.2) is 21.3 Å². The normalized spacial score (nSPS) is 26.9. The fourth-order valence-corrected chi connectivity index (χ4v) is 2.32. The van der Waals surface area contributed by atoms with E-state index in [2.05, 4.69) is 10.2 Å². The number of nitrogens with zero attached hydrogens (tertiary/aromatic N) is 1. The van der Waals surface area contributed by atoms with Crippen molar-refractivity contribution >= 4 is 5.97 Å². The Morgan fingerprint density at radius 1 is 1.53 bits per heavy atom. The molecule has 0 aromatic carbocycles. The van der Waals surface area contributed by atoms with Crippen LogP contribution >= 0.6 is 0 Å². The van der Waals surface area contributed by atoms with E-state index in [1.807, 2.05) is 0 Å². The molecule has 4 nitrogen and oxygen atoms in total. The summed E-state index contributed by atoms with van der Waals surface area (Å²) in [4.78, 5) is 10.9. The van der Waals surface area contributed by atoms with Crippen LogP contribution in [0.3, 0.4) is 0 Å². The first-order valence-electron chi connectivity index (χ1n) is 5.01. The molecule has 1 aliphatic carbocycles. The highest BCUT2D eigenvalue weighted by Crippen LogP contribution is 2.64. The number of carboxylic acids is 1. The molecular weight excluding hydrogens is 237 g/mol. The number of halogens is 3. The van der Waals surface area contributed by atoms with Crippen LogP contribution in [0.5, 0.6) is 0 Å². The van der Waals surface area contributed by atoms with Crippen LogP contribution in [0.1, 0.15) is 31.2 Å².